The molecule has 114 valence electrons. The summed E-state index contributed by atoms with van der Waals surface area (Å²) in [6.07, 6.45) is -0.959. The maximum atomic E-state index is 12.7. The molecule has 22 heavy (non-hydrogen) atoms. The molecule has 2 rings (SSSR count). The van der Waals surface area contributed by atoms with Gasteiger partial charge in [0, 0.05) is 42.5 Å². The number of rotatable bonds is 4. The maximum absolute atomic E-state index is 12.7. The van der Waals surface area contributed by atoms with Crippen LogP contribution in [0, 0.1) is 6.92 Å². The average molecular weight is 337 g/mol. The minimum atomic E-state index is -4.93. The molecule has 0 bridgehead atoms. The summed E-state index contributed by atoms with van der Waals surface area (Å²) in [4.78, 5) is 4.70. The molecule has 1 heterocycles. The van der Waals surface area contributed by atoms with E-state index in [9.17, 15) is 12.9 Å². The minimum absolute atomic E-state index is 0. The number of halogens is 3. The van der Waals surface area contributed by atoms with Gasteiger partial charge < -0.3 is 23.2 Å². The molecular weight excluding hydrogens is 321 g/mol. The molecule has 1 aliphatic rings. The first-order valence-electron chi connectivity index (χ1n) is 6.76. The van der Waals surface area contributed by atoms with E-state index in [0.717, 1.165) is 31.9 Å². The first-order valence-corrected chi connectivity index (χ1v) is 6.76. The number of nitrogens with zero attached hydrogens (tertiary/aromatic N) is 4. The van der Waals surface area contributed by atoms with Crippen molar-refractivity contribution in [3.63, 3.8) is 0 Å². The number of hydrogen-bond acceptors (Lipinski definition) is 3. The normalized spacial score (nSPS) is 15.0. The first-order chi connectivity index (χ1) is 9.90. The fraction of sp³-hybridized carbons (Fsp3) is 0.500. The van der Waals surface area contributed by atoms with Crippen LogP contribution in [-0.2, 0) is 6.32 Å². The Morgan fingerprint density at radius 1 is 1.32 bits per heavy atom. The molecule has 0 radical (unpaired) electrons. The van der Waals surface area contributed by atoms with Crippen molar-refractivity contribution in [1.82, 2.24) is 5.32 Å². The van der Waals surface area contributed by atoms with Crippen molar-refractivity contribution < 1.29 is 64.3 Å². The van der Waals surface area contributed by atoms with Gasteiger partial charge in [-0.15, -0.1) is 0 Å². The number of azide groups is 1. The van der Waals surface area contributed by atoms with Gasteiger partial charge in [-0.05, 0) is 24.1 Å². The van der Waals surface area contributed by atoms with Gasteiger partial charge in [-0.2, -0.15) is 0 Å². The monoisotopic (exact) mass is 337 g/mol. The van der Waals surface area contributed by atoms with Crippen LogP contribution in [-0.4, -0.2) is 33.2 Å². The quantitative estimate of drug-likeness (QED) is 0.371. The zero-order valence-electron chi connectivity index (χ0n) is 12.7. The van der Waals surface area contributed by atoms with Crippen molar-refractivity contribution in [1.29, 1.82) is 0 Å². The van der Waals surface area contributed by atoms with Crippen molar-refractivity contribution in [2.75, 3.05) is 31.1 Å². The van der Waals surface area contributed by atoms with E-state index in [1.165, 1.54) is 6.07 Å². The van der Waals surface area contributed by atoms with Gasteiger partial charge in [-0.3, -0.25) is 0 Å². The average Bonchev–Trinajstić information content (AvgIpc) is 2.42. The molecule has 1 aliphatic heterocycles. The molecule has 5 nitrogen and oxygen atoms in total. The fourth-order valence-electron chi connectivity index (χ4n) is 2.55. The van der Waals surface area contributed by atoms with Gasteiger partial charge in [-0.25, -0.2) is 0 Å². The standard InChI is InChI=1S/C12H16BF3N5.K/c1-9-10(8-13(14,15)16)6-11(19-20-17)7-12(9)21-4-2-18-3-5-21;/h6-7,18H,2-5,8H2,1H3;/q-1;+1. The summed E-state index contributed by atoms with van der Waals surface area (Å²) in [5, 5.41) is 6.67. The number of piperazine rings is 1. The van der Waals surface area contributed by atoms with Crippen molar-refractivity contribution in [2.45, 2.75) is 13.2 Å². The molecular formula is C12H16BF3KN5. The van der Waals surface area contributed by atoms with E-state index in [-0.39, 0.29) is 62.6 Å². The molecule has 1 aromatic rings. The molecule has 1 aromatic carbocycles. The Balaban J connectivity index is 0.00000242. The Bertz CT molecular complexity index is 569. The summed E-state index contributed by atoms with van der Waals surface area (Å²) in [5.74, 6) is 0. The van der Waals surface area contributed by atoms with Gasteiger partial charge in [0.1, 0.15) is 0 Å². The van der Waals surface area contributed by atoms with Crippen molar-refractivity contribution in [3.05, 3.63) is 33.7 Å². The van der Waals surface area contributed by atoms with E-state index in [2.05, 4.69) is 15.3 Å². The van der Waals surface area contributed by atoms with Gasteiger partial charge in [0.25, 0.3) is 0 Å². The predicted octanol–water partition coefficient (Wildman–Crippen LogP) is 0.280. The summed E-state index contributed by atoms with van der Waals surface area (Å²) in [6, 6.07) is 2.99. The summed E-state index contributed by atoms with van der Waals surface area (Å²) in [7, 11) is 0. The van der Waals surface area contributed by atoms with E-state index >= 15 is 0 Å². The SMILES string of the molecule is Cc1c(C[B-](F)(F)F)cc(N=[N+]=[N-])cc1N1CCNCC1.[K+]. The Morgan fingerprint density at radius 2 is 1.95 bits per heavy atom. The Kier molecular flexibility index (Phi) is 7.73. The zero-order chi connectivity index (χ0) is 15.5. The molecule has 1 fully saturated rings. The molecule has 0 spiro atoms. The van der Waals surface area contributed by atoms with Gasteiger partial charge in [0.05, 0.1) is 0 Å². The second-order valence-corrected chi connectivity index (χ2v) is 5.09. The van der Waals surface area contributed by atoms with Crippen LogP contribution in [0.2, 0.25) is 0 Å². The van der Waals surface area contributed by atoms with E-state index in [0.29, 0.717) is 5.56 Å². The Morgan fingerprint density at radius 3 is 2.50 bits per heavy atom. The van der Waals surface area contributed by atoms with Crippen LogP contribution in [0.25, 0.3) is 10.4 Å². The van der Waals surface area contributed by atoms with E-state index in [1.54, 1.807) is 13.0 Å². The van der Waals surface area contributed by atoms with Crippen molar-refractivity contribution >= 4 is 18.4 Å². The van der Waals surface area contributed by atoms with Crippen molar-refractivity contribution in [2.24, 2.45) is 5.11 Å². The summed E-state index contributed by atoms with van der Waals surface area (Å²) in [5.41, 5.74) is 10.3. The molecule has 0 aromatic heterocycles. The largest absolute Gasteiger partial charge is 1.00 e. The van der Waals surface area contributed by atoms with Gasteiger partial charge in [0.15, 0.2) is 0 Å². The number of nitrogens with one attached hydrogen (secondary N) is 1. The third kappa shape index (κ3) is 5.45. The molecule has 0 unspecified atom stereocenters. The Labute approximate surface area is 169 Å². The van der Waals surface area contributed by atoms with E-state index in [4.69, 9.17) is 5.53 Å². The third-order valence-electron chi connectivity index (χ3n) is 3.54. The molecule has 0 saturated carbocycles. The van der Waals surface area contributed by atoms with Crippen LogP contribution >= 0.6 is 0 Å². The van der Waals surface area contributed by atoms with Crippen LogP contribution in [0.5, 0.6) is 0 Å². The third-order valence-corrected chi connectivity index (χ3v) is 3.54. The predicted molar refractivity (Wildman–Crippen MR) is 77.8 cm³/mol. The van der Waals surface area contributed by atoms with Gasteiger partial charge in [-0.1, -0.05) is 23.1 Å². The summed E-state index contributed by atoms with van der Waals surface area (Å²) >= 11 is 0. The number of anilines is 1. The van der Waals surface area contributed by atoms with Crippen LogP contribution in [0.4, 0.5) is 24.3 Å². The minimum Gasteiger partial charge on any atom is -0.449 e. The topological polar surface area (TPSA) is 64.0 Å². The number of hydrogen-bond donors (Lipinski definition) is 1. The van der Waals surface area contributed by atoms with Crippen LogP contribution in [0.15, 0.2) is 17.2 Å². The van der Waals surface area contributed by atoms with Gasteiger partial charge in [0.2, 0.25) is 0 Å². The number of benzene rings is 1. The van der Waals surface area contributed by atoms with E-state index < -0.39 is 13.3 Å². The fourth-order valence-corrected chi connectivity index (χ4v) is 2.55. The van der Waals surface area contributed by atoms with E-state index in [1.807, 2.05) is 4.90 Å². The molecule has 1 N–H and O–H groups in total. The second-order valence-electron chi connectivity index (χ2n) is 5.09. The molecule has 0 amide bonds. The molecule has 10 heteroatoms. The first kappa shape index (κ1) is 19.8. The maximum Gasteiger partial charge on any atom is 1.00 e. The van der Waals surface area contributed by atoms with Crippen LogP contribution < -0.4 is 61.6 Å². The zero-order valence-corrected chi connectivity index (χ0v) is 15.8. The molecule has 0 aliphatic carbocycles. The van der Waals surface area contributed by atoms with Crippen LogP contribution in [0.3, 0.4) is 0 Å². The molecule has 1 saturated heterocycles. The molecule has 0 atom stereocenters. The smallest absolute Gasteiger partial charge is 0.449 e. The summed E-state index contributed by atoms with van der Waals surface area (Å²) in [6.45, 7) is -0.241. The van der Waals surface area contributed by atoms with Crippen molar-refractivity contribution in [3.8, 4) is 0 Å². The summed E-state index contributed by atoms with van der Waals surface area (Å²) < 4.78 is 38.2. The second kappa shape index (κ2) is 8.58. The van der Waals surface area contributed by atoms with Gasteiger partial charge >= 0.3 is 58.4 Å². The Hall–Kier alpha value is -0.219. The van der Waals surface area contributed by atoms with Crippen LogP contribution in [0.1, 0.15) is 11.1 Å².